The van der Waals surface area contributed by atoms with Crippen molar-refractivity contribution in [3.63, 3.8) is 0 Å². The van der Waals surface area contributed by atoms with Crippen LogP contribution >= 0.6 is 0 Å². The van der Waals surface area contributed by atoms with Crippen molar-refractivity contribution in [2.75, 3.05) is 0 Å². The third-order valence-electron chi connectivity index (χ3n) is 2.93. The number of alkyl halides is 3. The second-order valence-electron chi connectivity index (χ2n) is 4.27. The van der Waals surface area contributed by atoms with Gasteiger partial charge >= 0.3 is 6.18 Å². The van der Waals surface area contributed by atoms with Crippen LogP contribution in [0.4, 0.5) is 13.2 Å². The van der Waals surface area contributed by atoms with Crippen molar-refractivity contribution in [3.8, 4) is 0 Å². The number of hydrogen-bond acceptors (Lipinski definition) is 3. The topological polar surface area (TPSA) is 68.0 Å². The minimum absolute atomic E-state index is 0.0724. The van der Waals surface area contributed by atoms with Gasteiger partial charge in [-0.05, 0) is 25.0 Å². The van der Waals surface area contributed by atoms with E-state index in [1.165, 1.54) is 18.3 Å². The van der Waals surface area contributed by atoms with Crippen LogP contribution in [0.1, 0.15) is 28.9 Å². The maximum atomic E-state index is 12.7. The van der Waals surface area contributed by atoms with Crippen molar-refractivity contribution in [1.29, 1.82) is 0 Å². The molecule has 1 amide bonds. The second kappa shape index (κ2) is 4.24. The zero-order valence-corrected chi connectivity index (χ0v) is 9.42. The summed E-state index contributed by atoms with van der Waals surface area (Å²) in [7, 11) is 0. The third kappa shape index (κ3) is 2.31. The lowest BCUT2D eigenvalue weighted by molar-refractivity contribution is -0.163. The Morgan fingerprint density at radius 2 is 2.17 bits per heavy atom. The van der Waals surface area contributed by atoms with Crippen LogP contribution in [0.3, 0.4) is 0 Å². The average Bonchev–Trinajstić information content (AvgIpc) is 3.09. The van der Waals surface area contributed by atoms with Gasteiger partial charge < -0.3 is 11.1 Å². The van der Waals surface area contributed by atoms with Crippen molar-refractivity contribution >= 4 is 5.91 Å². The number of halogens is 3. The van der Waals surface area contributed by atoms with E-state index >= 15 is 0 Å². The first kappa shape index (κ1) is 12.8. The molecular formula is C11H12F3N3O. The van der Waals surface area contributed by atoms with E-state index in [2.05, 4.69) is 4.98 Å². The Bertz CT molecular complexity index is 469. The molecule has 0 atom stereocenters. The minimum Gasteiger partial charge on any atom is -0.338 e. The van der Waals surface area contributed by atoms with Gasteiger partial charge in [0.05, 0.1) is 5.69 Å². The molecule has 0 spiro atoms. The average molecular weight is 259 g/mol. The summed E-state index contributed by atoms with van der Waals surface area (Å²) >= 11 is 0. The number of nitrogens with two attached hydrogens (primary N) is 1. The number of nitrogens with one attached hydrogen (secondary N) is 1. The van der Waals surface area contributed by atoms with Gasteiger partial charge in [-0.1, -0.05) is 0 Å². The maximum Gasteiger partial charge on any atom is 0.411 e. The molecule has 2 rings (SSSR count). The molecule has 0 radical (unpaired) electrons. The number of carbonyl (C=O) groups is 1. The van der Waals surface area contributed by atoms with Gasteiger partial charge in [-0.15, -0.1) is 0 Å². The molecule has 3 N–H and O–H groups in total. The molecule has 0 bridgehead atoms. The molecule has 0 aliphatic heterocycles. The molecule has 0 unspecified atom stereocenters. The van der Waals surface area contributed by atoms with Crippen molar-refractivity contribution < 1.29 is 18.0 Å². The number of carbonyl (C=O) groups excluding carboxylic acids is 1. The molecule has 0 saturated heterocycles. The Labute approximate surface area is 101 Å². The van der Waals surface area contributed by atoms with Gasteiger partial charge in [0.25, 0.3) is 5.91 Å². The molecule has 18 heavy (non-hydrogen) atoms. The first-order valence-corrected chi connectivity index (χ1v) is 5.42. The van der Waals surface area contributed by atoms with Gasteiger partial charge in [0.15, 0.2) is 0 Å². The molecule has 1 fully saturated rings. The van der Waals surface area contributed by atoms with Gasteiger partial charge in [-0.25, -0.2) is 0 Å². The van der Waals surface area contributed by atoms with Crippen LogP contribution < -0.4 is 11.1 Å². The van der Waals surface area contributed by atoms with E-state index in [1.54, 1.807) is 0 Å². The SMILES string of the molecule is NCc1cc(C(=O)NC2(C(F)(F)F)CC2)ccn1. The van der Waals surface area contributed by atoms with E-state index in [4.69, 9.17) is 5.73 Å². The fraction of sp³-hybridized carbons (Fsp3) is 0.455. The van der Waals surface area contributed by atoms with Gasteiger partial charge in [-0.2, -0.15) is 13.2 Å². The van der Waals surface area contributed by atoms with Gasteiger partial charge in [-0.3, -0.25) is 9.78 Å². The Morgan fingerprint density at radius 1 is 1.50 bits per heavy atom. The summed E-state index contributed by atoms with van der Waals surface area (Å²) in [6, 6.07) is 2.75. The van der Waals surface area contributed by atoms with Crippen molar-refractivity contribution in [2.45, 2.75) is 31.1 Å². The molecule has 1 aromatic heterocycles. The van der Waals surface area contributed by atoms with Crippen molar-refractivity contribution in [2.24, 2.45) is 5.73 Å². The number of nitrogens with zero attached hydrogens (tertiary/aromatic N) is 1. The summed E-state index contributed by atoms with van der Waals surface area (Å²) in [4.78, 5) is 15.6. The Morgan fingerprint density at radius 3 is 2.67 bits per heavy atom. The van der Waals surface area contributed by atoms with Crippen LogP contribution in [0.25, 0.3) is 0 Å². The van der Waals surface area contributed by atoms with Crippen LogP contribution in [-0.2, 0) is 6.54 Å². The summed E-state index contributed by atoms with van der Waals surface area (Å²) in [6.45, 7) is 0.130. The molecular weight excluding hydrogens is 247 g/mol. The molecule has 1 heterocycles. The van der Waals surface area contributed by atoms with E-state index < -0.39 is 17.6 Å². The summed E-state index contributed by atoms with van der Waals surface area (Å²) in [5.74, 6) is -0.748. The highest BCUT2D eigenvalue weighted by atomic mass is 19.4. The van der Waals surface area contributed by atoms with Gasteiger partial charge in [0.1, 0.15) is 5.54 Å². The summed E-state index contributed by atoms with van der Waals surface area (Å²) in [6.07, 6.45) is -3.20. The van der Waals surface area contributed by atoms with Crippen LogP contribution in [-0.4, -0.2) is 22.6 Å². The lowest BCUT2D eigenvalue weighted by Crippen LogP contribution is -2.47. The number of hydrogen-bond donors (Lipinski definition) is 2. The van der Waals surface area contributed by atoms with Gasteiger partial charge in [0.2, 0.25) is 0 Å². The Hall–Kier alpha value is -1.63. The zero-order valence-electron chi connectivity index (χ0n) is 9.42. The molecule has 0 aromatic carbocycles. The van der Waals surface area contributed by atoms with Crippen LogP contribution in [0.5, 0.6) is 0 Å². The molecule has 1 aromatic rings. The molecule has 4 nitrogen and oxygen atoms in total. The Kier molecular flexibility index (Phi) is 3.02. The highest BCUT2D eigenvalue weighted by molar-refractivity contribution is 5.95. The van der Waals surface area contributed by atoms with Crippen molar-refractivity contribution in [3.05, 3.63) is 29.6 Å². The highest BCUT2D eigenvalue weighted by Crippen LogP contribution is 2.49. The highest BCUT2D eigenvalue weighted by Gasteiger charge is 2.64. The first-order valence-electron chi connectivity index (χ1n) is 5.42. The normalized spacial score (nSPS) is 17.3. The lowest BCUT2D eigenvalue weighted by atomic mass is 10.2. The number of aromatic nitrogens is 1. The Balaban J connectivity index is 2.13. The first-order chi connectivity index (χ1) is 8.38. The van der Waals surface area contributed by atoms with E-state index in [-0.39, 0.29) is 24.9 Å². The molecule has 1 aliphatic carbocycles. The number of rotatable bonds is 3. The molecule has 1 saturated carbocycles. The van der Waals surface area contributed by atoms with Crippen LogP contribution in [0.2, 0.25) is 0 Å². The van der Waals surface area contributed by atoms with E-state index in [9.17, 15) is 18.0 Å². The number of pyridine rings is 1. The predicted molar refractivity (Wildman–Crippen MR) is 57.6 cm³/mol. The predicted octanol–water partition coefficient (Wildman–Crippen LogP) is 1.36. The third-order valence-corrected chi connectivity index (χ3v) is 2.93. The second-order valence-corrected chi connectivity index (χ2v) is 4.27. The standard InChI is InChI=1S/C11H12F3N3O/c12-11(13,14)10(2-3-10)17-9(18)7-1-4-16-8(5-7)6-15/h1,4-5H,2-3,6,15H2,(H,17,18). The lowest BCUT2D eigenvalue weighted by Gasteiger charge is -2.20. The van der Waals surface area contributed by atoms with Crippen LogP contribution in [0, 0.1) is 0 Å². The summed E-state index contributed by atoms with van der Waals surface area (Å²) in [5.41, 5.74) is 3.91. The van der Waals surface area contributed by atoms with Gasteiger partial charge in [0, 0.05) is 18.3 Å². The number of amides is 1. The minimum atomic E-state index is -4.41. The monoisotopic (exact) mass is 259 g/mol. The fourth-order valence-corrected chi connectivity index (χ4v) is 1.62. The maximum absolute atomic E-state index is 12.7. The summed E-state index contributed by atoms with van der Waals surface area (Å²) in [5, 5.41) is 2.04. The summed E-state index contributed by atoms with van der Waals surface area (Å²) < 4.78 is 38.0. The molecule has 1 aliphatic rings. The quantitative estimate of drug-likeness (QED) is 0.861. The molecule has 98 valence electrons. The fourth-order valence-electron chi connectivity index (χ4n) is 1.62. The van der Waals surface area contributed by atoms with Crippen LogP contribution in [0.15, 0.2) is 18.3 Å². The zero-order chi connectivity index (χ0) is 13.4. The largest absolute Gasteiger partial charge is 0.411 e. The van der Waals surface area contributed by atoms with Crippen molar-refractivity contribution in [1.82, 2.24) is 10.3 Å². The molecule has 7 heteroatoms. The smallest absolute Gasteiger partial charge is 0.338 e. The van der Waals surface area contributed by atoms with E-state index in [0.29, 0.717) is 5.69 Å². The van der Waals surface area contributed by atoms with E-state index in [1.807, 2.05) is 5.32 Å². The van der Waals surface area contributed by atoms with E-state index in [0.717, 1.165) is 0 Å².